The fourth-order valence-electron chi connectivity index (χ4n) is 2.61. The lowest BCUT2D eigenvalue weighted by Gasteiger charge is -2.32. The second-order valence-corrected chi connectivity index (χ2v) is 7.01. The van der Waals surface area contributed by atoms with Crippen molar-refractivity contribution < 1.29 is 4.79 Å². The molecule has 0 aliphatic carbocycles. The van der Waals surface area contributed by atoms with Crippen LogP contribution in [-0.4, -0.2) is 17.4 Å². The quantitative estimate of drug-likeness (QED) is 0.758. The van der Waals surface area contributed by atoms with Crippen LogP contribution in [0.1, 0.15) is 33.8 Å². The van der Waals surface area contributed by atoms with Crippen LogP contribution in [0.15, 0.2) is 29.0 Å². The van der Waals surface area contributed by atoms with Gasteiger partial charge in [-0.1, -0.05) is 0 Å². The molecule has 3 heterocycles. The van der Waals surface area contributed by atoms with Crippen molar-refractivity contribution in [1.29, 1.82) is 0 Å². The number of hydrogen-bond acceptors (Lipinski definition) is 3. The van der Waals surface area contributed by atoms with Gasteiger partial charge in [-0.05, 0) is 60.4 Å². The highest BCUT2D eigenvalue weighted by Gasteiger charge is 2.26. The van der Waals surface area contributed by atoms with Crippen LogP contribution in [0.25, 0.3) is 6.08 Å². The summed E-state index contributed by atoms with van der Waals surface area (Å²) in [6.07, 6.45) is 4.64. The molecule has 2 aromatic rings. The molecule has 1 amide bonds. The fourth-order valence-corrected chi connectivity index (χ4v) is 4.39. The highest BCUT2D eigenvalue weighted by molar-refractivity contribution is 7.11. The maximum absolute atomic E-state index is 12.4. The van der Waals surface area contributed by atoms with Gasteiger partial charge >= 0.3 is 0 Å². The monoisotopic (exact) mass is 303 g/mol. The largest absolute Gasteiger partial charge is 0.332 e. The van der Waals surface area contributed by atoms with E-state index in [4.69, 9.17) is 0 Å². The van der Waals surface area contributed by atoms with Crippen LogP contribution in [0.4, 0.5) is 0 Å². The van der Waals surface area contributed by atoms with Gasteiger partial charge in [0.15, 0.2) is 0 Å². The lowest BCUT2D eigenvalue weighted by Crippen LogP contribution is -2.37. The number of hydrogen-bond donors (Lipinski definition) is 0. The first-order valence-electron chi connectivity index (χ1n) is 6.76. The van der Waals surface area contributed by atoms with E-state index in [1.54, 1.807) is 28.7 Å². The molecule has 0 saturated carbocycles. The molecule has 104 valence electrons. The van der Waals surface area contributed by atoms with E-state index in [1.165, 1.54) is 20.9 Å². The van der Waals surface area contributed by atoms with Crippen molar-refractivity contribution in [2.45, 2.75) is 26.3 Å². The van der Waals surface area contributed by atoms with E-state index in [2.05, 4.69) is 36.7 Å². The Labute approximate surface area is 127 Å². The van der Waals surface area contributed by atoms with E-state index < -0.39 is 0 Å². The molecule has 4 heteroatoms. The smallest absolute Gasteiger partial charge is 0.247 e. The van der Waals surface area contributed by atoms with E-state index in [0.29, 0.717) is 0 Å². The highest BCUT2D eigenvalue weighted by Crippen LogP contribution is 2.33. The van der Waals surface area contributed by atoms with E-state index in [0.717, 1.165) is 13.0 Å². The van der Waals surface area contributed by atoms with Gasteiger partial charge < -0.3 is 4.90 Å². The Morgan fingerprint density at radius 1 is 1.35 bits per heavy atom. The Bertz CT molecular complexity index is 653. The van der Waals surface area contributed by atoms with Crippen LogP contribution in [0.5, 0.6) is 0 Å². The molecular weight excluding hydrogens is 286 g/mol. The molecule has 1 unspecified atom stereocenters. The van der Waals surface area contributed by atoms with Crippen LogP contribution in [0.2, 0.25) is 0 Å². The first-order chi connectivity index (χ1) is 9.66. The summed E-state index contributed by atoms with van der Waals surface area (Å²) in [5, 5.41) is 4.18. The standard InChI is InChI=1S/C16H17NOS2/c1-11-6-9-19-14(11)3-4-16(18)17-8-5-15-13(12(17)2)7-10-20-15/h3-4,6-7,9-10,12H,5,8H2,1-2H3/b4-3+. The van der Waals surface area contributed by atoms with Gasteiger partial charge in [0.2, 0.25) is 5.91 Å². The third-order valence-electron chi connectivity index (χ3n) is 3.84. The van der Waals surface area contributed by atoms with Crippen molar-refractivity contribution in [1.82, 2.24) is 4.90 Å². The Morgan fingerprint density at radius 3 is 2.90 bits per heavy atom. The summed E-state index contributed by atoms with van der Waals surface area (Å²) in [6, 6.07) is 4.42. The lowest BCUT2D eigenvalue weighted by atomic mass is 10.0. The maximum Gasteiger partial charge on any atom is 0.247 e. The van der Waals surface area contributed by atoms with Gasteiger partial charge in [-0.25, -0.2) is 0 Å². The molecule has 3 rings (SSSR count). The molecule has 1 aliphatic rings. The average Bonchev–Trinajstić information content (AvgIpc) is 3.05. The van der Waals surface area contributed by atoms with Crippen LogP contribution in [0.3, 0.4) is 0 Å². The van der Waals surface area contributed by atoms with E-state index in [9.17, 15) is 4.79 Å². The molecule has 0 radical (unpaired) electrons. The third kappa shape index (κ3) is 2.45. The molecule has 2 aromatic heterocycles. The van der Waals surface area contributed by atoms with Gasteiger partial charge in [-0.3, -0.25) is 4.79 Å². The Morgan fingerprint density at radius 2 is 2.15 bits per heavy atom. The Hall–Kier alpha value is -1.39. The van der Waals surface area contributed by atoms with Crippen molar-refractivity contribution in [2.75, 3.05) is 6.54 Å². The Kier molecular flexibility index (Phi) is 3.76. The first kappa shape index (κ1) is 13.6. The molecule has 0 N–H and O–H groups in total. The second kappa shape index (κ2) is 5.54. The van der Waals surface area contributed by atoms with Crippen LogP contribution >= 0.6 is 22.7 Å². The van der Waals surface area contributed by atoms with Gasteiger partial charge in [0.1, 0.15) is 0 Å². The lowest BCUT2D eigenvalue weighted by molar-refractivity contribution is -0.128. The summed E-state index contributed by atoms with van der Waals surface area (Å²) >= 11 is 3.47. The van der Waals surface area contributed by atoms with Gasteiger partial charge in [0.25, 0.3) is 0 Å². The number of amides is 1. The molecular formula is C16H17NOS2. The summed E-state index contributed by atoms with van der Waals surface area (Å²) < 4.78 is 0. The molecule has 1 atom stereocenters. The number of aryl methyl sites for hydroxylation is 1. The Balaban J connectivity index is 1.76. The number of carbonyl (C=O) groups is 1. The van der Waals surface area contributed by atoms with E-state index >= 15 is 0 Å². The van der Waals surface area contributed by atoms with Crippen molar-refractivity contribution in [3.63, 3.8) is 0 Å². The molecule has 2 nitrogen and oxygen atoms in total. The van der Waals surface area contributed by atoms with Gasteiger partial charge in [-0.15, -0.1) is 22.7 Å². The normalized spacial score (nSPS) is 18.5. The first-order valence-corrected chi connectivity index (χ1v) is 8.52. The molecule has 20 heavy (non-hydrogen) atoms. The average molecular weight is 303 g/mol. The van der Waals surface area contributed by atoms with Crippen LogP contribution in [0, 0.1) is 6.92 Å². The molecule has 0 aromatic carbocycles. The molecule has 1 aliphatic heterocycles. The summed E-state index contributed by atoms with van der Waals surface area (Å²) in [6.45, 7) is 5.01. The SMILES string of the molecule is Cc1ccsc1/C=C/C(=O)N1CCc2sccc2C1C. The van der Waals surface area contributed by atoms with Crippen molar-refractivity contribution in [3.05, 3.63) is 49.9 Å². The van der Waals surface area contributed by atoms with Gasteiger partial charge in [-0.2, -0.15) is 0 Å². The predicted molar refractivity (Wildman–Crippen MR) is 86.2 cm³/mol. The third-order valence-corrected chi connectivity index (χ3v) is 5.82. The number of thiophene rings is 2. The van der Waals surface area contributed by atoms with Crippen molar-refractivity contribution >= 4 is 34.7 Å². The van der Waals surface area contributed by atoms with Crippen molar-refractivity contribution in [2.24, 2.45) is 0 Å². The minimum Gasteiger partial charge on any atom is -0.332 e. The maximum atomic E-state index is 12.4. The topological polar surface area (TPSA) is 20.3 Å². The number of rotatable bonds is 2. The van der Waals surface area contributed by atoms with Crippen molar-refractivity contribution in [3.8, 4) is 0 Å². The highest BCUT2D eigenvalue weighted by atomic mass is 32.1. The van der Waals surface area contributed by atoms with E-state index in [1.807, 2.05) is 11.0 Å². The predicted octanol–water partition coefficient (Wildman–Crippen LogP) is 4.28. The zero-order chi connectivity index (χ0) is 14.1. The molecule has 0 bridgehead atoms. The molecule has 0 fully saturated rings. The number of carbonyl (C=O) groups excluding carboxylic acids is 1. The molecule has 0 spiro atoms. The summed E-state index contributed by atoms with van der Waals surface area (Å²) in [4.78, 5) is 17.0. The van der Waals surface area contributed by atoms with Gasteiger partial charge in [0, 0.05) is 22.4 Å². The molecule has 0 saturated heterocycles. The fraction of sp³-hybridized carbons (Fsp3) is 0.312. The summed E-state index contributed by atoms with van der Waals surface area (Å²) in [5.74, 6) is 0.113. The number of nitrogens with zero attached hydrogens (tertiary/aromatic N) is 1. The number of fused-ring (bicyclic) bond motifs is 1. The van der Waals surface area contributed by atoms with E-state index in [-0.39, 0.29) is 11.9 Å². The zero-order valence-corrected chi connectivity index (χ0v) is 13.3. The second-order valence-electron chi connectivity index (χ2n) is 5.06. The zero-order valence-electron chi connectivity index (χ0n) is 11.6. The van der Waals surface area contributed by atoms with Crippen LogP contribution < -0.4 is 0 Å². The summed E-state index contributed by atoms with van der Waals surface area (Å²) in [5.41, 5.74) is 2.54. The minimum absolute atomic E-state index is 0.113. The van der Waals surface area contributed by atoms with Crippen LogP contribution in [-0.2, 0) is 11.2 Å². The van der Waals surface area contributed by atoms with Gasteiger partial charge in [0.05, 0.1) is 6.04 Å². The summed E-state index contributed by atoms with van der Waals surface area (Å²) in [7, 11) is 0. The minimum atomic E-state index is 0.113.